The zero-order chi connectivity index (χ0) is 14.8. The van der Waals surface area contributed by atoms with Crippen molar-refractivity contribution in [2.45, 2.75) is 6.92 Å². The zero-order valence-electron chi connectivity index (χ0n) is 9.84. The number of aliphatic carboxylic acids is 1. The number of hydrogen-bond donors (Lipinski definition) is 3. The molecule has 0 aromatic heterocycles. The molecule has 1 aromatic carbocycles. The van der Waals surface area contributed by atoms with Crippen LogP contribution in [0.2, 0.25) is 0 Å². The van der Waals surface area contributed by atoms with Crippen molar-refractivity contribution in [2.75, 3.05) is 0 Å². The largest absolute Gasteiger partial charge is 0.478 e. The van der Waals surface area contributed by atoms with E-state index in [1.165, 1.54) is 5.56 Å². The Morgan fingerprint density at radius 1 is 1.22 bits per heavy atom. The minimum Gasteiger partial charge on any atom is -0.478 e. The fourth-order valence-corrected chi connectivity index (χ4v) is 0.534. The Labute approximate surface area is 105 Å². The summed E-state index contributed by atoms with van der Waals surface area (Å²) in [6.45, 7) is 5.04. The number of carboxylic acid groups (broad SMARTS) is 1. The minimum absolute atomic E-state index is 0.750. The summed E-state index contributed by atoms with van der Waals surface area (Å²) in [6, 6.07) is 10.3. The third-order valence-corrected chi connectivity index (χ3v) is 1.12. The van der Waals surface area contributed by atoms with E-state index >= 15 is 0 Å². The molecule has 0 radical (unpaired) electrons. The maximum atomic E-state index is 9.25. The SMILES string of the molecule is C=CC(=O)O.Cc1ccccc1.N=C=O.N=C=O. The van der Waals surface area contributed by atoms with Crippen LogP contribution in [0.5, 0.6) is 0 Å². The third-order valence-electron chi connectivity index (χ3n) is 1.12. The van der Waals surface area contributed by atoms with E-state index in [1.807, 2.05) is 18.2 Å². The molecule has 1 aromatic rings. The first-order valence-electron chi connectivity index (χ1n) is 4.44. The highest BCUT2D eigenvalue weighted by molar-refractivity contribution is 5.78. The van der Waals surface area contributed by atoms with E-state index in [1.54, 1.807) is 0 Å². The summed E-state index contributed by atoms with van der Waals surface area (Å²) in [4.78, 5) is 25.9. The Morgan fingerprint density at radius 3 is 1.61 bits per heavy atom. The average Bonchev–Trinajstić information content (AvgIpc) is 2.33. The quantitative estimate of drug-likeness (QED) is 0.401. The second kappa shape index (κ2) is 19.7. The van der Waals surface area contributed by atoms with Crippen molar-refractivity contribution in [2.24, 2.45) is 0 Å². The molecule has 0 aliphatic carbocycles. The molecule has 0 spiro atoms. The summed E-state index contributed by atoms with van der Waals surface area (Å²) in [5.41, 5.74) is 1.32. The van der Waals surface area contributed by atoms with Crippen LogP contribution < -0.4 is 0 Å². The van der Waals surface area contributed by atoms with Gasteiger partial charge in [0.1, 0.15) is 0 Å². The predicted molar refractivity (Wildman–Crippen MR) is 65.8 cm³/mol. The normalized spacial score (nSPS) is 6.06. The first kappa shape index (κ1) is 20.6. The van der Waals surface area contributed by atoms with Crippen LogP contribution in [-0.4, -0.2) is 23.2 Å². The summed E-state index contributed by atoms with van der Waals surface area (Å²) < 4.78 is 0. The van der Waals surface area contributed by atoms with Gasteiger partial charge in [0.05, 0.1) is 0 Å². The van der Waals surface area contributed by atoms with Crippen molar-refractivity contribution in [3.63, 3.8) is 0 Å². The van der Waals surface area contributed by atoms with Gasteiger partial charge >= 0.3 is 5.97 Å². The minimum atomic E-state index is -0.981. The number of carboxylic acids is 1. The van der Waals surface area contributed by atoms with Gasteiger partial charge in [0, 0.05) is 6.08 Å². The van der Waals surface area contributed by atoms with Gasteiger partial charge in [-0.15, -0.1) is 0 Å². The maximum absolute atomic E-state index is 9.25. The molecular formula is C12H14N2O4. The van der Waals surface area contributed by atoms with Gasteiger partial charge in [-0.25, -0.2) is 25.2 Å². The molecule has 0 amide bonds. The lowest BCUT2D eigenvalue weighted by atomic mass is 10.2. The third kappa shape index (κ3) is 37.9. The van der Waals surface area contributed by atoms with E-state index in [4.69, 9.17) is 25.5 Å². The van der Waals surface area contributed by atoms with E-state index in [-0.39, 0.29) is 0 Å². The molecule has 6 nitrogen and oxygen atoms in total. The van der Waals surface area contributed by atoms with Gasteiger partial charge in [-0.1, -0.05) is 42.5 Å². The summed E-state index contributed by atoms with van der Waals surface area (Å²) in [6.07, 6.45) is 2.33. The Balaban J connectivity index is -0.000000182. The number of nitrogens with one attached hydrogen (secondary N) is 2. The van der Waals surface area contributed by atoms with Crippen LogP contribution in [0.4, 0.5) is 0 Å². The lowest BCUT2D eigenvalue weighted by molar-refractivity contribution is -0.131. The van der Waals surface area contributed by atoms with E-state index in [2.05, 4.69) is 25.6 Å². The Bertz CT molecular complexity index is 378. The molecule has 0 saturated heterocycles. The molecule has 0 unspecified atom stereocenters. The maximum Gasteiger partial charge on any atom is 0.327 e. The molecule has 0 saturated carbocycles. The number of aryl methyl sites for hydroxylation is 1. The van der Waals surface area contributed by atoms with Gasteiger partial charge in [0.25, 0.3) is 0 Å². The smallest absolute Gasteiger partial charge is 0.327 e. The summed E-state index contributed by atoms with van der Waals surface area (Å²) in [5, 5.41) is 18.4. The summed E-state index contributed by atoms with van der Waals surface area (Å²) in [5.74, 6) is -0.981. The van der Waals surface area contributed by atoms with Crippen LogP contribution in [0.15, 0.2) is 43.0 Å². The van der Waals surface area contributed by atoms with Crippen LogP contribution in [-0.2, 0) is 14.4 Å². The summed E-state index contributed by atoms with van der Waals surface area (Å²) >= 11 is 0. The molecule has 18 heavy (non-hydrogen) atoms. The zero-order valence-corrected chi connectivity index (χ0v) is 9.84. The number of hydrogen-bond acceptors (Lipinski definition) is 5. The van der Waals surface area contributed by atoms with Crippen molar-refractivity contribution in [3.8, 4) is 0 Å². The van der Waals surface area contributed by atoms with Crippen molar-refractivity contribution in [3.05, 3.63) is 48.6 Å². The molecule has 96 valence electrons. The van der Waals surface area contributed by atoms with Gasteiger partial charge < -0.3 is 5.11 Å². The molecular weight excluding hydrogens is 236 g/mol. The van der Waals surface area contributed by atoms with Crippen LogP contribution in [0.3, 0.4) is 0 Å². The van der Waals surface area contributed by atoms with E-state index in [9.17, 15) is 4.79 Å². The molecule has 0 aliphatic heterocycles. The number of carbonyl (C=O) groups excluding carboxylic acids is 2. The molecule has 3 N–H and O–H groups in total. The molecule has 6 heteroatoms. The second-order valence-corrected chi connectivity index (χ2v) is 2.40. The molecule has 0 heterocycles. The standard InChI is InChI=1S/C7H8.C3H4O2.2CHNO/c1-7-5-3-2-4-6-7;1-2-3(4)5;2*2-1-3/h2-6H,1H3;2H,1H2,(H,4,5);2*2H. The molecule has 1 rings (SSSR count). The van der Waals surface area contributed by atoms with Crippen molar-refractivity contribution in [1.82, 2.24) is 0 Å². The first-order chi connectivity index (χ1) is 8.49. The van der Waals surface area contributed by atoms with E-state index in [0.717, 1.165) is 18.2 Å². The fraction of sp³-hybridized carbons (Fsp3) is 0.0833. The topological polar surface area (TPSA) is 119 Å². The Morgan fingerprint density at radius 2 is 1.50 bits per heavy atom. The Hall–Kier alpha value is -2.81. The van der Waals surface area contributed by atoms with Gasteiger partial charge in [-0.05, 0) is 6.92 Å². The monoisotopic (exact) mass is 250 g/mol. The van der Waals surface area contributed by atoms with Gasteiger partial charge in [-0.3, -0.25) is 0 Å². The number of benzene rings is 1. The fourth-order valence-electron chi connectivity index (χ4n) is 0.534. The van der Waals surface area contributed by atoms with Crippen LogP contribution in [0.1, 0.15) is 5.56 Å². The average molecular weight is 250 g/mol. The number of isocyanates is 2. The predicted octanol–water partition coefficient (Wildman–Crippen LogP) is 2.05. The molecule has 0 aliphatic rings. The lowest BCUT2D eigenvalue weighted by Gasteiger charge is -1.82. The van der Waals surface area contributed by atoms with Gasteiger partial charge in [0.15, 0.2) is 0 Å². The lowest BCUT2D eigenvalue weighted by Crippen LogP contribution is -1.82. The van der Waals surface area contributed by atoms with E-state index < -0.39 is 5.97 Å². The van der Waals surface area contributed by atoms with Gasteiger partial charge in [0.2, 0.25) is 12.2 Å². The van der Waals surface area contributed by atoms with Crippen LogP contribution in [0.25, 0.3) is 0 Å². The highest BCUT2D eigenvalue weighted by atomic mass is 16.4. The number of carbonyl (C=O) groups is 1. The van der Waals surface area contributed by atoms with Crippen molar-refractivity contribution in [1.29, 1.82) is 10.8 Å². The molecule has 0 atom stereocenters. The molecule has 0 bridgehead atoms. The van der Waals surface area contributed by atoms with Gasteiger partial charge in [-0.2, -0.15) is 0 Å². The van der Waals surface area contributed by atoms with E-state index in [0.29, 0.717) is 0 Å². The van der Waals surface area contributed by atoms with Crippen LogP contribution >= 0.6 is 0 Å². The number of rotatable bonds is 1. The van der Waals surface area contributed by atoms with Crippen molar-refractivity contribution >= 4 is 18.1 Å². The highest BCUT2D eigenvalue weighted by Gasteiger charge is 1.73. The molecule has 0 fully saturated rings. The highest BCUT2D eigenvalue weighted by Crippen LogP contribution is 1.92. The summed E-state index contributed by atoms with van der Waals surface area (Å²) in [7, 11) is 0. The van der Waals surface area contributed by atoms with Crippen LogP contribution in [0, 0.1) is 17.7 Å². The Kier molecular flexibility index (Phi) is 22.5. The first-order valence-corrected chi connectivity index (χ1v) is 4.44. The van der Waals surface area contributed by atoms with Crippen molar-refractivity contribution < 1.29 is 19.5 Å². The second-order valence-electron chi connectivity index (χ2n) is 2.40.